The van der Waals surface area contributed by atoms with Gasteiger partial charge in [-0.25, -0.2) is 0 Å². The fourth-order valence-corrected chi connectivity index (χ4v) is 3.27. The number of hydrogen-bond donors (Lipinski definition) is 0. The zero-order chi connectivity index (χ0) is 10.1. The first-order valence-corrected chi connectivity index (χ1v) is 6.94. The Morgan fingerprint density at radius 2 is 2.00 bits per heavy atom. The zero-order valence-electron chi connectivity index (χ0n) is 8.59. The number of aryl methyl sites for hydroxylation is 1. The van der Waals surface area contributed by atoms with E-state index in [4.69, 9.17) is 0 Å². The monoisotopic (exact) mass is 274 g/mol. The highest BCUT2D eigenvalue weighted by atomic mass is 79.9. The third-order valence-electron chi connectivity index (χ3n) is 2.77. The summed E-state index contributed by atoms with van der Waals surface area (Å²) in [5, 5.41) is 4.59. The molecule has 2 nitrogen and oxygen atoms in total. The molecule has 0 amide bonds. The van der Waals surface area contributed by atoms with Crippen molar-refractivity contribution in [2.45, 2.75) is 32.7 Å². The first-order chi connectivity index (χ1) is 6.70. The minimum Gasteiger partial charge on any atom is -0.265 e. The predicted molar refractivity (Wildman–Crippen MR) is 65.0 cm³/mol. The van der Waals surface area contributed by atoms with Crippen LogP contribution >= 0.6 is 27.7 Å². The summed E-state index contributed by atoms with van der Waals surface area (Å²) in [5.41, 5.74) is 2.39. The molecule has 0 saturated carbocycles. The molecule has 1 saturated heterocycles. The molecule has 0 aromatic carbocycles. The summed E-state index contributed by atoms with van der Waals surface area (Å²) in [5.74, 6) is 2.56. The number of rotatable bonds is 1. The van der Waals surface area contributed by atoms with Crippen LogP contribution in [0, 0.1) is 13.8 Å². The summed E-state index contributed by atoms with van der Waals surface area (Å²) in [7, 11) is 0. The summed E-state index contributed by atoms with van der Waals surface area (Å²) in [4.78, 5) is 0. The lowest BCUT2D eigenvalue weighted by atomic mass is 10.1. The van der Waals surface area contributed by atoms with E-state index in [1.54, 1.807) is 0 Å². The summed E-state index contributed by atoms with van der Waals surface area (Å²) in [6.07, 6.45) is 2.53. The molecule has 14 heavy (non-hydrogen) atoms. The Morgan fingerprint density at radius 1 is 1.36 bits per heavy atom. The van der Waals surface area contributed by atoms with Crippen molar-refractivity contribution in [3.8, 4) is 0 Å². The molecule has 2 heterocycles. The first kappa shape index (κ1) is 10.6. The second-order valence-corrected chi connectivity index (χ2v) is 5.79. The van der Waals surface area contributed by atoms with Crippen LogP contribution in [0.3, 0.4) is 0 Å². The van der Waals surface area contributed by atoms with E-state index < -0.39 is 0 Å². The van der Waals surface area contributed by atoms with Gasteiger partial charge in [0.1, 0.15) is 0 Å². The summed E-state index contributed by atoms with van der Waals surface area (Å²) >= 11 is 5.64. The molecule has 0 unspecified atom stereocenters. The van der Waals surface area contributed by atoms with Gasteiger partial charge in [-0.3, -0.25) is 4.68 Å². The molecule has 0 aliphatic carbocycles. The number of halogens is 1. The van der Waals surface area contributed by atoms with Crippen LogP contribution in [-0.4, -0.2) is 21.3 Å². The van der Waals surface area contributed by atoms with Crippen molar-refractivity contribution >= 4 is 27.7 Å². The molecule has 0 bridgehead atoms. The molecule has 1 aromatic heterocycles. The average molecular weight is 275 g/mol. The standard InChI is InChI=1S/C10H15BrN2S/c1-7-10(11)8(2)13(12-7)9-3-5-14-6-4-9/h9H,3-6H2,1-2H3. The van der Waals surface area contributed by atoms with E-state index in [-0.39, 0.29) is 0 Å². The minimum absolute atomic E-state index is 0.626. The Bertz CT molecular complexity index is 329. The lowest BCUT2D eigenvalue weighted by Gasteiger charge is -2.23. The van der Waals surface area contributed by atoms with Gasteiger partial charge in [0.2, 0.25) is 0 Å². The van der Waals surface area contributed by atoms with Crippen molar-refractivity contribution in [3.05, 3.63) is 15.9 Å². The molecule has 1 aromatic rings. The Hall–Kier alpha value is 0.0400. The molecule has 2 rings (SSSR count). The van der Waals surface area contributed by atoms with Crippen molar-refractivity contribution in [2.75, 3.05) is 11.5 Å². The molecule has 0 atom stereocenters. The second-order valence-electron chi connectivity index (χ2n) is 3.77. The van der Waals surface area contributed by atoms with E-state index in [2.05, 4.69) is 51.3 Å². The molecular weight excluding hydrogens is 260 g/mol. The van der Waals surface area contributed by atoms with E-state index in [1.807, 2.05) is 0 Å². The van der Waals surface area contributed by atoms with Gasteiger partial charge in [-0.05, 0) is 54.1 Å². The molecule has 1 aliphatic rings. The Labute approximate surface area is 97.6 Å². The van der Waals surface area contributed by atoms with Crippen molar-refractivity contribution in [1.29, 1.82) is 0 Å². The lowest BCUT2D eigenvalue weighted by Crippen LogP contribution is -2.17. The van der Waals surface area contributed by atoms with Gasteiger partial charge >= 0.3 is 0 Å². The molecule has 1 aliphatic heterocycles. The molecule has 0 spiro atoms. The maximum absolute atomic E-state index is 4.59. The van der Waals surface area contributed by atoms with Gasteiger partial charge in [0.25, 0.3) is 0 Å². The third-order valence-corrected chi connectivity index (χ3v) is 4.97. The van der Waals surface area contributed by atoms with Gasteiger partial charge in [-0.2, -0.15) is 16.9 Å². The number of thioether (sulfide) groups is 1. The van der Waals surface area contributed by atoms with E-state index >= 15 is 0 Å². The lowest BCUT2D eigenvalue weighted by molar-refractivity contribution is 0.416. The molecule has 0 radical (unpaired) electrons. The summed E-state index contributed by atoms with van der Waals surface area (Å²) in [6, 6.07) is 0.626. The Kier molecular flexibility index (Phi) is 3.22. The van der Waals surface area contributed by atoms with Crippen molar-refractivity contribution in [3.63, 3.8) is 0 Å². The Morgan fingerprint density at radius 3 is 2.50 bits per heavy atom. The van der Waals surface area contributed by atoms with Crippen molar-refractivity contribution in [1.82, 2.24) is 9.78 Å². The van der Waals surface area contributed by atoms with Crippen LogP contribution in [0.15, 0.2) is 4.47 Å². The van der Waals surface area contributed by atoms with E-state index in [0.29, 0.717) is 6.04 Å². The molecular formula is C10H15BrN2S. The topological polar surface area (TPSA) is 17.8 Å². The van der Waals surface area contributed by atoms with Crippen LogP contribution in [0.4, 0.5) is 0 Å². The SMILES string of the molecule is Cc1nn(C2CCSCC2)c(C)c1Br. The summed E-state index contributed by atoms with van der Waals surface area (Å²) in [6.45, 7) is 4.21. The molecule has 4 heteroatoms. The smallest absolute Gasteiger partial charge is 0.0738 e. The number of hydrogen-bond acceptors (Lipinski definition) is 2. The Balaban J connectivity index is 2.26. The number of nitrogens with zero attached hydrogens (tertiary/aromatic N) is 2. The maximum Gasteiger partial charge on any atom is 0.0738 e. The van der Waals surface area contributed by atoms with Crippen molar-refractivity contribution in [2.24, 2.45) is 0 Å². The average Bonchev–Trinajstić information content (AvgIpc) is 2.47. The normalized spacial score (nSPS) is 18.8. The van der Waals surface area contributed by atoms with E-state index in [0.717, 1.165) is 5.69 Å². The zero-order valence-corrected chi connectivity index (χ0v) is 11.0. The molecule has 78 valence electrons. The molecule has 1 fully saturated rings. The van der Waals surface area contributed by atoms with E-state index in [1.165, 1.54) is 34.5 Å². The largest absolute Gasteiger partial charge is 0.265 e. The van der Waals surface area contributed by atoms with Gasteiger partial charge in [-0.1, -0.05) is 0 Å². The highest BCUT2D eigenvalue weighted by molar-refractivity contribution is 9.10. The quantitative estimate of drug-likeness (QED) is 0.782. The van der Waals surface area contributed by atoms with E-state index in [9.17, 15) is 0 Å². The van der Waals surface area contributed by atoms with Gasteiger partial charge in [-0.15, -0.1) is 0 Å². The van der Waals surface area contributed by atoms with Gasteiger partial charge < -0.3 is 0 Å². The third kappa shape index (κ3) is 1.87. The van der Waals surface area contributed by atoms with Crippen LogP contribution in [0.2, 0.25) is 0 Å². The fourth-order valence-electron chi connectivity index (χ4n) is 1.93. The van der Waals surface area contributed by atoms with Crippen LogP contribution in [0.5, 0.6) is 0 Å². The molecule has 0 N–H and O–H groups in total. The first-order valence-electron chi connectivity index (χ1n) is 4.99. The highest BCUT2D eigenvalue weighted by Gasteiger charge is 2.19. The van der Waals surface area contributed by atoms with Crippen molar-refractivity contribution < 1.29 is 0 Å². The van der Waals surface area contributed by atoms with Gasteiger partial charge in [0.05, 0.1) is 21.9 Å². The summed E-state index contributed by atoms with van der Waals surface area (Å²) < 4.78 is 3.38. The highest BCUT2D eigenvalue weighted by Crippen LogP contribution is 2.30. The minimum atomic E-state index is 0.626. The van der Waals surface area contributed by atoms with Crippen LogP contribution in [0.1, 0.15) is 30.3 Å². The van der Waals surface area contributed by atoms with Gasteiger partial charge in [0.15, 0.2) is 0 Å². The maximum atomic E-state index is 4.59. The fraction of sp³-hybridized carbons (Fsp3) is 0.700. The number of aromatic nitrogens is 2. The van der Waals surface area contributed by atoms with Crippen LogP contribution < -0.4 is 0 Å². The van der Waals surface area contributed by atoms with Crippen LogP contribution in [-0.2, 0) is 0 Å². The second kappa shape index (κ2) is 4.27. The predicted octanol–water partition coefficient (Wildman–Crippen LogP) is 3.33. The van der Waals surface area contributed by atoms with Crippen LogP contribution in [0.25, 0.3) is 0 Å². The van der Waals surface area contributed by atoms with Gasteiger partial charge in [0, 0.05) is 0 Å².